The first-order valence-electron chi connectivity index (χ1n) is 9.35. The molecule has 3 amide bonds. The molecule has 0 spiro atoms. The van der Waals surface area contributed by atoms with Crippen LogP contribution in [0.25, 0.3) is 0 Å². The van der Waals surface area contributed by atoms with Gasteiger partial charge in [-0.1, -0.05) is 20.3 Å². The Morgan fingerprint density at radius 1 is 0.964 bits per heavy atom. The van der Waals surface area contributed by atoms with Crippen molar-refractivity contribution in [3.8, 4) is 0 Å². The second kappa shape index (κ2) is 13.9. The first-order chi connectivity index (χ1) is 13.2. The largest absolute Gasteiger partial charge is 0.480 e. The van der Waals surface area contributed by atoms with Crippen LogP contribution < -0.4 is 27.4 Å². The summed E-state index contributed by atoms with van der Waals surface area (Å²) in [6.45, 7) is 2.84. The number of unbranched alkanes of at least 4 members (excludes halogenated alkanes) is 1. The van der Waals surface area contributed by atoms with E-state index >= 15 is 0 Å². The molecule has 0 aliphatic rings. The third-order valence-electron chi connectivity index (χ3n) is 4.38. The molecule has 9 N–H and O–H groups in total. The molecule has 0 saturated heterocycles. The number of nitrogens with two attached hydrogens (primary N) is 2. The van der Waals surface area contributed by atoms with Crippen LogP contribution in [0.2, 0.25) is 0 Å². The Balaban J connectivity index is 5.08. The van der Waals surface area contributed by atoms with Gasteiger partial charge in [-0.05, 0) is 31.7 Å². The average Bonchev–Trinajstić information content (AvgIpc) is 2.67. The van der Waals surface area contributed by atoms with Crippen LogP contribution in [0.4, 0.5) is 0 Å². The number of aliphatic hydroxyl groups is 1. The highest BCUT2D eigenvalue weighted by Gasteiger charge is 2.30. The van der Waals surface area contributed by atoms with Crippen LogP contribution in [0.3, 0.4) is 0 Å². The second-order valence-corrected chi connectivity index (χ2v) is 6.56. The standard InChI is InChI=1S/C17H33N5O6/c1-3-10(2)14(17(27)28)22-16(26)12(9-23)21-15(25)11(6-4-5-7-18)20-13(24)8-19/h10-12,14,23H,3-9,18-19H2,1-2H3,(H,20,24)(H,21,25)(H,22,26)(H,27,28). The van der Waals surface area contributed by atoms with E-state index in [2.05, 4.69) is 16.0 Å². The Hall–Kier alpha value is -2.24. The number of carbonyl (C=O) groups is 4. The Kier molecular flexibility index (Phi) is 12.7. The zero-order valence-electron chi connectivity index (χ0n) is 16.4. The number of amides is 3. The number of carbonyl (C=O) groups excluding carboxylic acids is 3. The molecule has 0 aromatic heterocycles. The van der Waals surface area contributed by atoms with E-state index in [1.54, 1.807) is 13.8 Å². The van der Waals surface area contributed by atoms with Crippen LogP contribution in [0.5, 0.6) is 0 Å². The van der Waals surface area contributed by atoms with Gasteiger partial charge in [-0.2, -0.15) is 0 Å². The van der Waals surface area contributed by atoms with Crippen molar-refractivity contribution in [1.82, 2.24) is 16.0 Å². The molecule has 162 valence electrons. The van der Waals surface area contributed by atoms with Crippen molar-refractivity contribution in [2.75, 3.05) is 19.7 Å². The van der Waals surface area contributed by atoms with Gasteiger partial charge in [0.05, 0.1) is 13.2 Å². The number of rotatable bonds is 14. The molecule has 11 nitrogen and oxygen atoms in total. The lowest BCUT2D eigenvalue weighted by Crippen LogP contribution is -2.58. The van der Waals surface area contributed by atoms with Crippen molar-refractivity contribution >= 4 is 23.7 Å². The minimum absolute atomic E-state index is 0.277. The molecule has 0 heterocycles. The zero-order chi connectivity index (χ0) is 21.7. The predicted octanol–water partition coefficient (Wildman–Crippen LogP) is -2.35. The summed E-state index contributed by atoms with van der Waals surface area (Å²) in [6, 6.07) is -3.46. The summed E-state index contributed by atoms with van der Waals surface area (Å²) in [5.74, 6) is -3.59. The van der Waals surface area contributed by atoms with Gasteiger partial charge >= 0.3 is 5.97 Å². The molecule has 0 aliphatic carbocycles. The first-order valence-corrected chi connectivity index (χ1v) is 9.35. The molecule has 4 unspecified atom stereocenters. The Bertz CT molecular complexity index is 530. The minimum Gasteiger partial charge on any atom is -0.480 e. The van der Waals surface area contributed by atoms with Gasteiger partial charge < -0.3 is 37.6 Å². The third kappa shape index (κ3) is 9.11. The van der Waals surface area contributed by atoms with Gasteiger partial charge in [0, 0.05) is 0 Å². The van der Waals surface area contributed by atoms with E-state index in [1.165, 1.54) is 0 Å². The van der Waals surface area contributed by atoms with Crippen LogP contribution in [-0.2, 0) is 19.2 Å². The molecule has 0 aromatic carbocycles. The fraction of sp³-hybridized carbons (Fsp3) is 0.765. The van der Waals surface area contributed by atoms with Crippen molar-refractivity contribution in [1.29, 1.82) is 0 Å². The number of carboxylic acids is 1. The number of aliphatic hydroxyl groups excluding tert-OH is 1. The van der Waals surface area contributed by atoms with E-state index in [1.807, 2.05) is 0 Å². The zero-order valence-corrected chi connectivity index (χ0v) is 16.4. The fourth-order valence-corrected chi connectivity index (χ4v) is 2.42. The lowest BCUT2D eigenvalue weighted by Gasteiger charge is -2.25. The number of hydrogen-bond donors (Lipinski definition) is 7. The topological polar surface area (TPSA) is 197 Å². The van der Waals surface area contributed by atoms with Crippen LogP contribution >= 0.6 is 0 Å². The molecule has 4 atom stereocenters. The molecular weight excluding hydrogens is 370 g/mol. The van der Waals surface area contributed by atoms with Gasteiger partial charge in [0.2, 0.25) is 17.7 Å². The highest BCUT2D eigenvalue weighted by atomic mass is 16.4. The van der Waals surface area contributed by atoms with Gasteiger partial charge in [-0.15, -0.1) is 0 Å². The van der Waals surface area contributed by atoms with E-state index in [9.17, 15) is 29.4 Å². The van der Waals surface area contributed by atoms with Crippen molar-refractivity contribution in [3.63, 3.8) is 0 Å². The molecule has 0 aromatic rings. The van der Waals surface area contributed by atoms with Crippen LogP contribution in [0, 0.1) is 5.92 Å². The molecule has 0 rings (SSSR count). The summed E-state index contributed by atoms with van der Waals surface area (Å²) < 4.78 is 0. The molecule has 0 bridgehead atoms. The van der Waals surface area contributed by atoms with Gasteiger partial charge in [-0.3, -0.25) is 14.4 Å². The lowest BCUT2D eigenvalue weighted by molar-refractivity contribution is -0.144. The van der Waals surface area contributed by atoms with E-state index in [4.69, 9.17) is 11.5 Å². The monoisotopic (exact) mass is 403 g/mol. The van der Waals surface area contributed by atoms with Crippen LogP contribution in [0.15, 0.2) is 0 Å². The average molecular weight is 403 g/mol. The number of carboxylic acid groups (broad SMARTS) is 1. The number of hydrogen-bond acceptors (Lipinski definition) is 7. The Morgan fingerprint density at radius 2 is 1.57 bits per heavy atom. The first kappa shape index (κ1) is 25.8. The Labute approximate surface area is 164 Å². The fourth-order valence-electron chi connectivity index (χ4n) is 2.42. The third-order valence-corrected chi connectivity index (χ3v) is 4.38. The second-order valence-electron chi connectivity index (χ2n) is 6.56. The van der Waals surface area contributed by atoms with Crippen molar-refractivity contribution in [2.45, 2.75) is 57.7 Å². The summed E-state index contributed by atoms with van der Waals surface area (Å²) in [4.78, 5) is 47.7. The summed E-state index contributed by atoms with van der Waals surface area (Å²) in [6.07, 6.45) is 1.99. The van der Waals surface area contributed by atoms with E-state index in [0.717, 1.165) is 0 Å². The number of nitrogens with one attached hydrogen (secondary N) is 3. The van der Waals surface area contributed by atoms with E-state index in [-0.39, 0.29) is 18.9 Å². The number of aliphatic carboxylic acids is 1. The normalized spacial score (nSPS) is 15.0. The van der Waals surface area contributed by atoms with Crippen LogP contribution in [-0.4, -0.2) is 71.7 Å². The molecule has 0 aliphatic heterocycles. The molecular formula is C17H33N5O6. The quantitative estimate of drug-likeness (QED) is 0.156. The lowest BCUT2D eigenvalue weighted by atomic mass is 9.99. The Morgan fingerprint density at radius 3 is 2.04 bits per heavy atom. The molecule has 0 saturated carbocycles. The van der Waals surface area contributed by atoms with Crippen molar-refractivity contribution < 1.29 is 29.4 Å². The molecule has 0 radical (unpaired) electrons. The van der Waals surface area contributed by atoms with E-state index in [0.29, 0.717) is 25.8 Å². The van der Waals surface area contributed by atoms with E-state index < -0.39 is 48.4 Å². The molecule has 28 heavy (non-hydrogen) atoms. The maximum Gasteiger partial charge on any atom is 0.326 e. The van der Waals surface area contributed by atoms with Gasteiger partial charge in [0.25, 0.3) is 0 Å². The van der Waals surface area contributed by atoms with Gasteiger partial charge in [0.1, 0.15) is 18.1 Å². The maximum absolute atomic E-state index is 12.5. The van der Waals surface area contributed by atoms with Gasteiger partial charge in [0.15, 0.2) is 0 Å². The predicted molar refractivity (Wildman–Crippen MR) is 102 cm³/mol. The van der Waals surface area contributed by atoms with Crippen molar-refractivity contribution in [3.05, 3.63) is 0 Å². The maximum atomic E-state index is 12.5. The smallest absolute Gasteiger partial charge is 0.326 e. The highest BCUT2D eigenvalue weighted by Crippen LogP contribution is 2.08. The summed E-state index contributed by atoms with van der Waals surface area (Å²) in [5, 5.41) is 25.9. The van der Waals surface area contributed by atoms with Crippen molar-refractivity contribution in [2.24, 2.45) is 17.4 Å². The summed E-state index contributed by atoms with van der Waals surface area (Å²) in [5.41, 5.74) is 10.7. The molecule has 0 fully saturated rings. The summed E-state index contributed by atoms with van der Waals surface area (Å²) >= 11 is 0. The molecule has 11 heteroatoms. The SMILES string of the molecule is CCC(C)C(NC(=O)C(CO)NC(=O)C(CCCCN)NC(=O)CN)C(=O)O. The highest BCUT2D eigenvalue weighted by molar-refractivity contribution is 5.93. The van der Waals surface area contributed by atoms with Crippen LogP contribution in [0.1, 0.15) is 39.5 Å². The minimum atomic E-state index is -1.36. The van der Waals surface area contributed by atoms with Gasteiger partial charge in [-0.25, -0.2) is 4.79 Å². The summed E-state index contributed by atoms with van der Waals surface area (Å²) in [7, 11) is 0.